The van der Waals surface area contributed by atoms with Crippen LogP contribution in [0.5, 0.6) is 0 Å². The van der Waals surface area contributed by atoms with Gasteiger partial charge < -0.3 is 5.32 Å². The van der Waals surface area contributed by atoms with Crippen molar-refractivity contribution in [2.24, 2.45) is 5.92 Å². The van der Waals surface area contributed by atoms with E-state index in [9.17, 15) is 4.79 Å². The molecule has 0 atom stereocenters. The molecular weight excluding hydrogens is 228 g/mol. The second-order valence-electron chi connectivity index (χ2n) is 5.65. The van der Waals surface area contributed by atoms with Gasteiger partial charge in [-0.1, -0.05) is 47.5 Å². The third-order valence-electron chi connectivity index (χ3n) is 3.10. The van der Waals surface area contributed by atoms with Gasteiger partial charge >= 0.3 is 0 Å². The molecule has 0 bridgehead atoms. The molecule has 0 unspecified atom stereocenters. The second-order valence-corrected chi connectivity index (χ2v) is 5.65. The van der Waals surface area contributed by atoms with E-state index in [-0.39, 0.29) is 17.1 Å². The molecule has 1 rings (SSSR count). The number of aromatic amines is 1. The largest absolute Gasteiger partial charge is 0.349 e. The van der Waals surface area contributed by atoms with Gasteiger partial charge in [-0.05, 0) is 5.92 Å². The predicted molar refractivity (Wildman–Crippen MR) is 71.5 cm³/mol. The Morgan fingerprint density at radius 2 is 1.94 bits per heavy atom. The maximum Gasteiger partial charge on any atom is 0.290 e. The molecule has 5 nitrogen and oxygen atoms in total. The van der Waals surface area contributed by atoms with E-state index in [1.54, 1.807) is 0 Å². The average molecular weight is 252 g/mol. The van der Waals surface area contributed by atoms with Crippen LogP contribution in [-0.4, -0.2) is 27.6 Å². The zero-order valence-corrected chi connectivity index (χ0v) is 12.0. The van der Waals surface area contributed by atoms with Crippen molar-refractivity contribution in [3.8, 4) is 0 Å². The van der Waals surface area contributed by atoms with Crippen molar-refractivity contribution in [1.82, 2.24) is 20.5 Å². The fourth-order valence-electron chi connectivity index (χ4n) is 1.59. The summed E-state index contributed by atoms with van der Waals surface area (Å²) in [5, 5.41) is 9.67. The van der Waals surface area contributed by atoms with Gasteiger partial charge in [0.2, 0.25) is 5.82 Å². The number of nitrogens with zero attached hydrogens (tertiary/aromatic N) is 2. The Bertz CT molecular complexity index is 388. The van der Waals surface area contributed by atoms with Crippen LogP contribution in [0.25, 0.3) is 0 Å². The number of hydrogen-bond acceptors (Lipinski definition) is 3. The van der Waals surface area contributed by atoms with Crippen molar-refractivity contribution < 1.29 is 4.79 Å². The Morgan fingerprint density at radius 3 is 2.39 bits per heavy atom. The summed E-state index contributed by atoms with van der Waals surface area (Å²) in [4.78, 5) is 16.1. The molecule has 2 N–H and O–H groups in total. The molecule has 102 valence electrons. The number of hydrogen-bond donors (Lipinski definition) is 2. The van der Waals surface area contributed by atoms with Crippen molar-refractivity contribution >= 4 is 5.91 Å². The monoisotopic (exact) mass is 252 g/mol. The molecular formula is C13H24N4O. The van der Waals surface area contributed by atoms with Crippen molar-refractivity contribution in [3.63, 3.8) is 0 Å². The SMILES string of the molecule is CCC(CC)CNC(=O)c1n[nH]c(C(C)(C)C)n1. The van der Waals surface area contributed by atoms with Gasteiger partial charge in [-0.2, -0.15) is 0 Å². The highest BCUT2D eigenvalue weighted by Crippen LogP contribution is 2.17. The minimum absolute atomic E-state index is 0.124. The maximum absolute atomic E-state index is 11.9. The summed E-state index contributed by atoms with van der Waals surface area (Å²) >= 11 is 0. The van der Waals surface area contributed by atoms with Crippen molar-refractivity contribution in [1.29, 1.82) is 0 Å². The smallest absolute Gasteiger partial charge is 0.290 e. The second kappa shape index (κ2) is 5.98. The molecule has 5 heteroatoms. The van der Waals surface area contributed by atoms with Gasteiger partial charge in [-0.25, -0.2) is 4.98 Å². The van der Waals surface area contributed by atoms with Crippen molar-refractivity contribution in [2.75, 3.05) is 6.54 Å². The lowest BCUT2D eigenvalue weighted by Crippen LogP contribution is -2.29. The lowest BCUT2D eigenvalue weighted by molar-refractivity contribution is 0.0936. The molecule has 0 radical (unpaired) electrons. The fraction of sp³-hybridized carbons (Fsp3) is 0.769. The van der Waals surface area contributed by atoms with Crippen LogP contribution in [0, 0.1) is 5.92 Å². The standard InChI is InChI=1S/C13H24N4O/c1-6-9(7-2)8-14-11(18)10-15-12(17-16-10)13(3,4)5/h9H,6-8H2,1-5H3,(H,14,18)(H,15,16,17). The average Bonchev–Trinajstić information content (AvgIpc) is 2.79. The first kappa shape index (κ1) is 14.7. The van der Waals surface area contributed by atoms with E-state index >= 15 is 0 Å². The Balaban J connectivity index is 2.60. The van der Waals surface area contributed by atoms with Crippen LogP contribution in [0.3, 0.4) is 0 Å². The summed E-state index contributed by atoms with van der Waals surface area (Å²) in [6.07, 6.45) is 2.13. The van der Waals surface area contributed by atoms with E-state index in [2.05, 4.69) is 34.3 Å². The van der Waals surface area contributed by atoms with E-state index in [1.807, 2.05) is 20.8 Å². The van der Waals surface area contributed by atoms with Crippen LogP contribution in [0.1, 0.15) is 63.9 Å². The number of carbonyl (C=O) groups is 1. The van der Waals surface area contributed by atoms with Crippen molar-refractivity contribution in [2.45, 2.75) is 52.9 Å². The summed E-state index contributed by atoms with van der Waals surface area (Å²) in [5.74, 6) is 1.28. The molecule has 1 heterocycles. The Morgan fingerprint density at radius 1 is 1.33 bits per heavy atom. The fourth-order valence-corrected chi connectivity index (χ4v) is 1.59. The van der Waals surface area contributed by atoms with Crippen LogP contribution in [0.2, 0.25) is 0 Å². The molecule has 0 fully saturated rings. The lowest BCUT2D eigenvalue weighted by atomic mass is 9.96. The third kappa shape index (κ3) is 3.82. The molecule has 0 aromatic carbocycles. The molecule has 1 aromatic rings. The number of nitrogens with one attached hydrogen (secondary N) is 2. The van der Waals surface area contributed by atoms with Gasteiger partial charge in [0, 0.05) is 12.0 Å². The number of rotatable bonds is 5. The molecule has 0 spiro atoms. The van der Waals surface area contributed by atoms with E-state index in [0.717, 1.165) is 18.7 Å². The van der Waals surface area contributed by atoms with E-state index in [1.165, 1.54) is 0 Å². The molecule has 18 heavy (non-hydrogen) atoms. The van der Waals surface area contributed by atoms with Gasteiger partial charge in [0.15, 0.2) is 0 Å². The molecule has 0 aliphatic carbocycles. The van der Waals surface area contributed by atoms with Gasteiger partial charge in [0.25, 0.3) is 5.91 Å². The Hall–Kier alpha value is -1.39. The minimum Gasteiger partial charge on any atom is -0.349 e. The van der Waals surface area contributed by atoms with Gasteiger partial charge in [0.1, 0.15) is 5.82 Å². The highest BCUT2D eigenvalue weighted by Gasteiger charge is 2.21. The summed E-state index contributed by atoms with van der Waals surface area (Å²) in [5.41, 5.74) is -0.124. The number of amides is 1. The normalized spacial score (nSPS) is 11.9. The molecule has 0 saturated heterocycles. The van der Waals surface area contributed by atoms with Crippen LogP contribution >= 0.6 is 0 Å². The summed E-state index contributed by atoms with van der Waals surface area (Å²) in [6.45, 7) is 11.0. The first-order valence-electron chi connectivity index (χ1n) is 6.59. The zero-order valence-electron chi connectivity index (χ0n) is 12.0. The van der Waals surface area contributed by atoms with Gasteiger partial charge in [-0.3, -0.25) is 9.89 Å². The van der Waals surface area contributed by atoms with Crippen LogP contribution in [0.15, 0.2) is 0 Å². The Kier molecular flexibility index (Phi) is 4.87. The molecule has 0 aliphatic heterocycles. The van der Waals surface area contributed by atoms with E-state index in [0.29, 0.717) is 12.5 Å². The lowest BCUT2D eigenvalue weighted by Gasteiger charge is -2.13. The highest BCUT2D eigenvalue weighted by molar-refractivity contribution is 5.90. The zero-order chi connectivity index (χ0) is 13.8. The van der Waals surface area contributed by atoms with Crippen LogP contribution < -0.4 is 5.32 Å². The third-order valence-corrected chi connectivity index (χ3v) is 3.10. The van der Waals surface area contributed by atoms with E-state index < -0.39 is 0 Å². The highest BCUT2D eigenvalue weighted by atomic mass is 16.2. The summed E-state index contributed by atoms with van der Waals surface area (Å²) in [7, 11) is 0. The van der Waals surface area contributed by atoms with E-state index in [4.69, 9.17) is 0 Å². The first-order valence-corrected chi connectivity index (χ1v) is 6.59. The summed E-state index contributed by atoms with van der Waals surface area (Å²) in [6, 6.07) is 0. The van der Waals surface area contributed by atoms with Crippen molar-refractivity contribution in [3.05, 3.63) is 11.6 Å². The summed E-state index contributed by atoms with van der Waals surface area (Å²) < 4.78 is 0. The van der Waals surface area contributed by atoms with Crippen LogP contribution in [-0.2, 0) is 5.41 Å². The molecule has 0 saturated carbocycles. The molecule has 1 aromatic heterocycles. The number of aromatic nitrogens is 3. The number of carbonyl (C=O) groups excluding carboxylic acids is 1. The molecule has 1 amide bonds. The van der Waals surface area contributed by atoms with Crippen LogP contribution in [0.4, 0.5) is 0 Å². The maximum atomic E-state index is 11.9. The topological polar surface area (TPSA) is 70.7 Å². The Labute approximate surface area is 109 Å². The van der Waals surface area contributed by atoms with Gasteiger partial charge in [-0.15, -0.1) is 5.10 Å². The van der Waals surface area contributed by atoms with Gasteiger partial charge in [0.05, 0.1) is 0 Å². The number of H-pyrrole nitrogens is 1. The quantitative estimate of drug-likeness (QED) is 0.844. The molecule has 0 aliphatic rings. The first-order chi connectivity index (χ1) is 8.38. The minimum atomic E-state index is -0.200. The predicted octanol–water partition coefficient (Wildman–Crippen LogP) is 2.27.